The van der Waals surface area contributed by atoms with Crippen molar-refractivity contribution in [2.45, 2.75) is 201 Å². The van der Waals surface area contributed by atoms with Crippen molar-refractivity contribution in [3.8, 4) is 11.5 Å². The average molecular weight is 1930 g/mol. The number of primary amides is 1. The standard InChI is InChI=1S/C97H121F2N17O21S/c1-8-9-26-76-96(135)116-51-63(119)46-79(116)92(131)108-72(47-83(122)123)89(128)111-84(54(2)3)97(136)113(5)77(42-55-19-12-10-13-20-55)90(129)109-74(40-58-29-34-64(137-7)35-30-58)94(133)115-50-62(118)45-78(115)91(130)107-71(44-60-48-102-68-24-17-16-23-65(60)68)88(127)106-70(39-57-27-32-61(117)33-28-57)87(126)105-69(25-18-37-100)86(125)110-75(85(124)103-49-81(101)120)52-138-53-82(121)104-73(41-59-31-36-66(98)67(99)38-59)93(132)114(6)80(95(134)112(76)4)43-56-21-14-11-15-22-56/h10-17,19-24,27-36,38,48,54,62-63,69-80,84,102,117-119H,8-9,18,25-26,37,39-47,49-53,100H2,1-7H3,(H2,101,120)(H,103,124)(H,104,121)(H,105,126)(H,106,127)(H,107,130)(H,108,131)(H,109,129)(H,110,125)(H,111,128)(H,122,123)/t62-,63-,69-,70-,71-,72-,73-,74+,75-,76-,77-,78+,79+,80-,84-/m0/s1. The van der Waals surface area contributed by atoms with E-state index >= 15 is 57.1 Å². The van der Waals surface area contributed by atoms with Gasteiger partial charge in [0.05, 0.1) is 38.0 Å². The zero-order chi connectivity index (χ0) is 100. The maximum Gasteiger partial charge on any atom is 0.305 e. The average Bonchev–Trinajstić information content (AvgIpc) is 1.65. The maximum absolute atomic E-state index is 15.9. The number of phenols is 1. The zero-order valence-electron chi connectivity index (χ0n) is 77.7. The number of phenolic OH excluding ortho intramolecular Hbond substituents is 1. The van der Waals surface area contributed by atoms with Gasteiger partial charge in [0, 0.05) is 108 Å². The molecule has 740 valence electrons. The van der Waals surface area contributed by atoms with Gasteiger partial charge in [-0.05, 0) is 108 Å². The highest BCUT2D eigenvalue weighted by molar-refractivity contribution is 8.00. The number of H-pyrrole nitrogens is 1. The SMILES string of the molecule is CCCC[C@H]1C(=O)N2C[C@@H](O)C[C@@H]2C(=O)N[C@@H](CC(=O)O)C(=O)N[C@@H](C(C)C)C(=O)N(C)[C@@H](Cc2ccccc2)C(=O)N[C@H](Cc2ccc(OC)cc2)C(=O)N2C[C@@H](O)C[C@@H]2C(=O)N[C@@H](Cc2c[nH]c3ccccc23)C(=O)N[C@@H](Cc2ccc(O)cc2)C(=O)N[C@@H](CCCN)C(=O)N[C@H](C(=O)NCC(N)=O)CSCC(=O)N[C@@H](Cc2ccc(F)c(F)c2)C(=O)N(C)[C@@H](Cc2ccccc2)C(=O)N1C. The van der Waals surface area contributed by atoms with E-state index in [-0.39, 0.29) is 75.6 Å². The third kappa shape index (κ3) is 29.1. The number of aliphatic hydroxyl groups is 2. The number of unbranched alkanes of at least 4 members (excludes halogenated alkanes) is 1. The first-order valence-corrected chi connectivity index (χ1v) is 46.7. The van der Waals surface area contributed by atoms with Crippen LogP contribution >= 0.6 is 11.8 Å². The molecule has 18 N–H and O–H groups in total. The van der Waals surface area contributed by atoms with E-state index in [0.717, 1.165) is 42.7 Å². The number of aromatic amines is 1. The van der Waals surface area contributed by atoms with Crippen molar-refractivity contribution < 1.29 is 111 Å². The number of thioether (sulfide) groups is 1. The molecule has 0 unspecified atom stereocenters. The third-order valence-electron chi connectivity index (χ3n) is 24.6. The van der Waals surface area contributed by atoms with Gasteiger partial charge in [-0.1, -0.05) is 143 Å². The Labute approximate surface area is 800 Å². The van der Waals surface area contributed by atoms with Crippen molar-refractivity contribution in [1.82, 2.24) is 77.3 Å². The number of amides is 15. The largest absolute Gasteiger partial charge is 0.508 e. The lowest BCUT2D eigenvalue weighted by Gasteiger charge is -2.38. The number of rotatable bonds is 25. The summed E-state index contributed by atoms with van der Waals surface area (Å²) in [6.07, 6.45) is -5.13. The fraction of sp³-hybridized carbons (Fsp3) is 0.443. The number of carbonyl (C=O) groups is 16. The molecule has 138 heavy (non-hydrogen) atoms. The van der Waals surface area contributed by atoms with Crippen LogP contribution in [-0.2, 0) is 115 Å². The topological polar surface area (TPSA) is 556 Å². The second kappa shape index (κ2) is 50.2. The van der Waals surface area contributed by atoms with Gasteiger partial charge in [-0.3, -0.25) is 76.7 Å². The lowest BCUT2D eigenvalue weighted by atomic mass is 9.98. The summed E-state index contributed by atoms with van der Waals surface area (Å²) in [5.41, 5.74) is 14.2. The number of carbonyl (C=O) groups excluding carboxylic acids is 15. The van der Waals surface area contributed by atoms with Crippen molar-refractivity contribution in [2.75, 3.05) is 65.9 Å². The number of aliphatic hydroxyl groups excluding tert-OH is 2. The number of carboxylic acid groups (broad SMARTS) is 1. The van der Waals surface area contributed by atoms with E-state index in [1.54, 1.807) is 122 Å². The molecule has 6 aromatic carbocycles. The Morgan fingerprint density at radius 3 is 1.60 bits per heavy atom. The van der Waals surface area contributed by atoms with Gasteiger partial charge in [0.2, 0.25) is 88.6 Å². The van der Waals surface area contributed by atoms with Crippen molar-refractivity contribution in [1.29, 1.82) is 0 Å². The molecule has 3 saturated heterocycles. The van der Waals surface area contributed by atoms with Crippen LogP contribution in [0.4, 0.5) is 8.78 Å². The minimum atomic E-state index is -2.03. The Morgan fingerprint density at radius 2 is 1.01 bits per heavy atom. The Balaban J connectivity index is 1.07. The first-order valence-electron chi connectivity index (χ1n) is 45.6. The van der Waals surface area contributed by atoms with Gasteiger partial charge in [-0.2, -0.15) is 0 Å². The van der Waals surface area contributed by atoms with Crippen LogP contribution in [0.3, 0.4) is 0 Å². The van der Waals surface area contributed by atoms with E-state index in [9.17, 15) is 48.8 Å². The van der Waals surface area contributed by atoms with E-state index < -0.39 is 260 Å². The number of methoxy groups -OCH3 is 1. The molecule has 10 rings (SSSR count). The Hall–Kier alpha value is -13.9. The monoisotopic (exact) mass is 1930 g/mol. The molecule has 0 spiro atoms. The predicted octanol–water partition coefficient (Wildman–Crippen LogP) is 0.607. The summed E-state index contributed by atoms with van der Waals surface area (Å²) in [4.78, 5) is 248. The molecule has 15 amide bonds. The molecule has 0 aliphatic carbocycles. The summed E-state index contributed by atoms with van der Waals surface area (Å²) >= 11 is 0.695. The van der Waals surface area contributed by atoms with E-state index in [1.807, 2.05) is 0 Å². The Morgan fingerprint density at radius 1 is 0.514 bits per heavy atom. The molecule has 0 bridgehead atoms. The van der Waals surface area contributed by atoms with Gasteiger partial charge in [0.15, 0.2) is 11.6 Å². The predicted molar refractivity (Wildman–Crippen MR) is 503 cm³/mol. The zero-order valence-corrected chi connectivity index (χ0v) is 78.5. The number of carboxylic acids is 1. The normalized spacial score (nSPS) is 24.2. The molecule has 4 heterocycles. The molecular formula is C97H121F2N17O21S. The molecule has 1 aromatic heterocycles. The van der Waals surface area contributed by atoms with E-state index in [2.05, 4.69) is 52.8 Å². The lowest BCUT2D eigenvalue weighted by molar-refractivity contribution is -0.152. The minimum absolute atomic E-state index is 0.0283. The smallest absolute Gasteiger partial charge is 0.305 e. The summed E-state index contributed by atoms with van der Waals surface area (Å²) in [5.74, 6) is -21.2. The van der Waals surface area contributed by atoms with Gasteiger partial charge >= 0.3 is 5.97 Å². The second-order valence-corrected chi connectivity index (χ2v) is 36.1. The number of fused-ring (bicyclic) bond motifs is 3. The number of aliphatic carboxylic acids is 1. The minimum Gasteiger partial charge on any atom is -0.508 e. The Kier molecular flexibility index (Phi) is 38.6. The molecular weight excluding hydrogens is 1810 g/mol. The van der Waals surface area contributed by atoms with Crippen LogP contribution in [0.1, 0.15) is 106 Å². The summed E-state index contributed by atoms with van der Waals surface area (Å²) in [7, 11) is 5.18. The number of aromatic nitrogens is 1. The van der Waals surface area contributed by atoms with Crippen LogP contribution in [0.2, 0.25) is 0 Å². The second-order valence-electron chi connectivity index (χ2n) is 35.1. The van der Waals surface area contributed by atoms with Gasteiger partial charge in [0.1, 0.15) is 90.0 Å². The maximum atomic E-state index is 15.9. The van der Waals surface area contributed by atoms with E-state index in [1.165, 1.54) is 66.4 Å². The van der Waals surface area contributed by atoms with Gasteiger partial charge in [0.25, 0.3) is 0 Å². The molecule has 3 aliphatic heterocycles. The van der Waals surface area contributed by atoms with Crippen molar-refractivity contribution in [3.63, 3.8) is 0 Å². The highest BCUT2D eigenvalue weighted by Crippen LogP contribution is 2.29. The van der Waals surface area contributed by atoms with Crippen LogP contribution in [0.15, 0.2) is 158 Å². The highest BCUT2D eigenvalue weighted by Gasteiger charge is 2.48. The third-order valence-corrected chi connectivity index (χ3v) is 25.6. The van der Waals surface area contributed by atoms with Gasteiger partial charge < -0.3 is 114 Å². The van der Waals surface area contributed by atoms with Crippen LogP contribution in [0, 0.1) is 17.6 Å². The highest BCUT2D eigenvalue weighted by atomic mass is 32.2. The van der Waals surface area contributed by atoms with Crippen LogP contribution in [0.25, 0.3) is 10.9 Å². The van der Waals surface area contributed by atoms with Gasteiger partial charge in [-0.25, -0.2) is 8.78 Å². The molecule has 0 saturated carbocycles. The first kappa shape index (κ1) is 106. The number of likely N-dealkylation sites (N-methyl/N-ethyl adjacent to an activating group) is 3. The fourth-order valence-corrected chi connectivity index (χ4v) is 17.8. The van der Waals surface area contributed by atoms with Crippen molar-refractivity contribution in [3.05, 3.63) is 203 Å². The molecule has 7 aromatic rings. The van der Waals surface area contributed by atoms with Crippen LogP contribution in [0.5, 0.6) is 11.5 Å². The molecule has 15 atom stereocenters. The number of hydrogen-bond acceptors (Lipinski definition) is 22. The van der Waals surface area contributed by atoms with Crippen molar-refractivity contribution in [2.24, 2.45) is 17.4 Å². The molecule has 3 aliphatic rings. The summed E-state index contributed by atoms with van der Waals surface area (Å²) in [5, 5.41) is 68.2. The molecule has 0 radical (unpaired) electrons. The number of nitrogens with zero attached hydrogens (tertiary/aromatic N) is 5. The number of hydrogen-bond donors (Lipinski definition) is 16. The van der Waals surface area contributed by atoms with E-state index in [4.69, 9.17) is 16.2 Å². The quantitative estimate of drug-likeness (QED) is 0.0373. The number of benzene rings is 6. The number of para-hydroxylation sites is 1. The number of aromatic hydroxyl groups is 1. The number of halogens is 2. The van der Waals surface area contributed by atoms with E-state index in [0.29, 0.717) is 62.7 Å². The lowest BCUT2D eigenvalue weighted by Crippen LogP contribution is -2.62. The number of ether oxygens (including phenoxy) is 1. The Bertz CT molecular complexity index is 5490. The molecule has 41 heteroatoms. The van der Waals surface area contributed by atoms with Crippen LogP contribution in [-0.4, -0.2) is 301 Å². The fourth-order valence-electron chi connectivity index (χ4n) is 17.0. The van der Waals surface area contributed by atoms with Crippen LogP contribution < -0.4 is 64.1 Å². The van der Waals surface area contributed by atoms with Crippen molar-refractivity contribution >= 4 is 117 Å². The number of nitrogens with two attached hydrogens (primary N) is 2. The number of nitrogens with one attached hydrogen (secondary N) is 10. The molecule has 3 fully saturated rings. The molecule has 38 nitrogen and oxygen atoms in total. The van der Waals surface area contributed by atoms with Gasteiger partial charge in [-0.15, -0.1) is 11.8 Å². The summed E-state index contributed by atoms with van der Waals surface area (Å²) < 4.78 is 35.3. The summed E-state index contributed by atoms with van der Waals surface area (Å²) in [6, 6.07) is 16.4. The first-order chi connectivity index (χ1) is 65.8. The summed E-state index contributed by atoms with van der Waals surface area (Å²) in [6.45, 7) is 2.94.